The van der Waals surface area contributed by atoms with Crippen molar-refractivity contribution in [2.24, 2.45) is 0 Å². The smallest absolute Gasteiger partial charge is 0.141 e. The largest absolute Gasteiger partial charge is 0.506 e. The molecule has 0 spiro atoms. The first kappa shape index (κ1) is 14.1. The number of halogens is 1. The zero-order valence-electron chi connectivity index (χ0n) is 12.0. The minimum Gasteiger partial charge on any atom is -0.506 e. The van der Waals surface area contributed by atoms with Crippen molar-refractivity contribution in [3.05, 3.63) is 59.8 Å². The van der Waals surface area contributed by atoms with Gasteiger partial charge in [-0.1, -0.05) is 60.2 Å². The third-order valence-electron chi connectivity index (χ3n) is 3.98. The minimum absolute atomic E-state index is 0.260. The van der Waals surface area contributed by atoms with E-state index in [-0.39, 0.29) is 5.75 Å². The van der Waals surface area contributed by atoms with E-state index in [4.69, 9.17) is 11.6 Å². The Bertz CT molecular complexity index is 802. The molecule has 0 aliphatic rings. The van der Waals surface area contributed by atoms with Crippen molar-refractivity contribution < 1.29 is 5.11 Å². The molecule has 0 aliphatic carbocycles. The SMILES string of the molecule is C[Si](C)(c1ccccc1)c1cc(Cl)c2cccnc2c1O. The number of nitrogens with zero attached hydrogens (tertiary/aromatic N) is 1. The standard InChI is InChI=1S/C17H16ClNOSi/c1-21(2,12-7-4-3-5-8-12)15-11-14(18)13-9-6-10-19-16(13)17(15)20/h3-11,20H,1-2H3. The highest BCUT2D eigenvalue weighted by Gasteiger charge is 2.30. The van der Waals surface area contributed by atoms with E-state index in [1.807, 2.05) is 36.4 Å². The number of benzene rings is 2. The normalized spacial score (nSPS) is 11.8. The Hall–Kier alpha value is -1.84. The van der Waals surface area contributed by atoms with Crippen LogP contribution < -0.4 is 10.4 Å². The maximum absolute atomic E-state index is 10.7. The Morgan fingerprint density at radius 2 is 1.76 bits per heavy atom. The predicted molar refractivity (Wildman–Crippen MR) is 91.6 cm³/mol. The molecule has 1 aromatic heterocycles. The summed E-state index contributed by atoms with van der Waals surface area (Å²) in [5, 5.41) is 14.3. The van der Waals surface area contributed by atoms with E-state index in [2.05, 4.69) is 30.2 Å². The van der Waals surface area contributed by atoms with Crippen LogP contribution in [0.3, 0.4) is 0 Å². The number of pyridine rings is 1. The van der Waals surface area contributed by atoms with Gasteiger partial charge in [-0.05, 0) is 23.4 Å². The van der Waals surface area contributed by atoms with Gasteiger partial charge in [0, 0.05) is 11.6 Å². The molecule has 0 saturated carbocycles. The monoisotopic (exact) mass is 313 g/mol. The fraction of sp³-hybridized carbons (Fsp3) is 0.118. The Balaban J connectivity index is 2.28. The van der Waals surface area contributed by atoms with Gasteiger partial charge in [-0.25, -0.2) is 0 Å². The van der Waals surface area contributed by atoms with Crippen LogP contribution in [0.5, 0.6) is 5.75 Å². The summed E-state index contributed by atoms with van der Waals surface area (Å²) in [6.45, 7) is 4.42. The quantitative estimate of drug-likeness (QED) is 0.735. The molecular formula is C17H16ClNOSi. The van der Waals surface area contributed by atoms with E-state index >= 15 is 0 Å². The van der Waals surface area contributed by atoms with Gasteiger partial charge in [0.1, 0.15) is 19.3 Å². The summed E-state index contributed by atoms with van der Waals surface area (Å²) < 4.78 is 0. The van der Waals surface area contributed by atoms with Gasteiger partial charge in [0.2, 0.25) is 0 Å². The molecule has 106 valence electrons. The lowest BCUT2D eigenvalue weighted by Crippen LogP contribution is -2.52. The zero-order valence-corrected chi connectivity index (χ0v) is 13.7. The zero-order chi connectivity index (χ0) is 15.0. The van der Waals surface area contributed by atoms with Gasteiger partial charge in [0.05, 0.1) is 5.02 Å². The Morgan fingerprint density at radius 3 is 2.48 bits per heavy atom. The van der Waals surface area contributed by atoms with E-state index in [0.717, 1.165) is 10.6 Å². The Kier molecular flexibility index (Phi) is 3.47. The molecule has 0 aliphatic heterocycles. The third kappa shape index (κ3) is 2.32. The molecule has 0 unspecified atom stereocenters. The molecule has 1 N–H and O–H groups in total. The second kappa shape index (κ2) is 5.17. The average Bonchev–Trinajstić information content (AvgIpc) is 2.51. The van der Waals surface area contributed by atoms with E-state index in [1.165, 1.54) is 5.19 Å². The molecule has 0 amide bonds. The molecule has 21 heavy (non-hydrogen) atoms. The van der Waals surface area contributed by atoms with Crippen molar-refractivity contribution in [2.45, 2.75) is 13.1 Å². The van der Waals surface area contributed by atoms with Crippen LogP contribution in [-0.4, -0.2) is 18.2 Å². The molecule has 0 saturated heterocycles. The summed E-state index contributed by atoms with van der Waals surface area (Å²) in [5.74, 6) is 0.260. The summed E-state index contributed by atoms with van der Waals surface area (Å²) in [7, 11) is -2.02. The lowest BCUT2D eigenvalue weighted by molar-refractivity contribution is 0.484. The summed E-state index contributed by atoms with van der Waals surface area (Å²) in [4.78, 5) is 4.30. The van der Waals surface area contributed by atoms with Gasteiger partial charge in [-0.3, -0.25) is 4.98 Å². The second-order valence-corrected chi connectivity index (χ2v) is 10.4. The van der Waals surface area contributed by atoms with Crippen molar-refractivity contribution >= 4 is 41.0 Å². The number of aromatic nitrogens is 1. The van der Waals surface area contributed by atoms with Crippen molar-refractivity contribution in [3.8, 4) is 5.75 Å². The van der Waals surface area contributed by atoms with Crippen LogP contribution in [0, 0.1) is 0 Å². The van der Waals surface area contributed by atoms with Crippen LogP contribution in [0.25, 0.3) is 10.9 Å². The maximum atomic E-state index is 10.7. The molecule has 4 heteroatoms. The van der Waals surface area contributed by atoms with Crippen LogP contribution in [0.1, 0.15) is 0 Å². The fourth-order valence-corrected chi connectivity index (χ4v) is 5.58. The summed E-state index contributed by atoms with van der Waals surface area (Å²) in [5.41, 5.74) is 0.580. The van der Waals surface area contributed by atoms with Gasteiger partial charge in [0.15, 0.2) is 0 Å². The number of phenols is 1. The average molecular weight is 314 g/mol. The summed E-state index contributed by atoms with van der Waals surface area (Å²) >= 11 is 6.40. The molecule has 2 nitrogen and oxygen atoms in total. The highest BCUT2D eigenvalue weighted by atomic mass is 35.5. The van der Waals surface area contributed by atoms with Crippen LogP contribution in [0.2, 0.25) is 18.1 Å². The summed E-state index contributed by atoms with van der Waals surface area (Å²) in [6, 6.07) is 15.9. The molecule has 3 aromatic rings. The van der Waals surface area contributed by atoms with Crippen molar-refractivity contribution in [3.63, 3.8) is 0 Å². The van der Waals surface area contributed by atoms with Crippen LogP contribution in [0.4, 0.5) is 0 Å². The Labute approximate surface area is 130 Å². The molecule has 3 rings (SSSR count). The molecule has 0 bridgehead atoms. The highest BCUT2D eigenvalue weighted by molar-refractivity contribution is 7.01. The first-order chi connectivity index (χ1) is 10.0. The number of rotatable bonds is 2. The van der Waals surface area contributed by atoms with E-state index in [0.29, 0.717) is 10.5 Å². The molecule has 1 heterocycles. The highest BCUT2D eigenvalue weighted by Crippen LogP contribution is 2.29. The van der Waals surface area contributed by atoms with Gasteiger partial charge >= 0.3 is 0 Å². The maximum Gasteiger partial charge on any atom is 0.141 e. The number of phenolic OH excluding ortho intramolecular Hbond substituents is 1. The number of fused-ring (bicyclic) bond motifs is 1. The number of aromatic hydroxyl groups is 1. The van der Waals surface area contributed by atoms with Crippen LogP contribution >= 0.6 is 11.6 Å². The lowest BCUT2D eigenvalue weighted by Gasteiger charge is -2.25. The first-order valence-corrected chi connectivity index (χ1v) is 10.2. The number of hydrogen-bond donors (Lipinski definition) is 1. The van der Waals surface area contributed by atoms with E-state index < -0.39 is 8.07 Å². The molecular weight excluding hydrogens is 298 g/mol. The van der Waals surface area contributed by atoms with Gasteiger partial charge in [0.25, 0.3) is 0 Å². The van der Waals surface area contributed by atoms with Crippen molar-refractivity contribution in [2.75, 3.05) is 0 Å². The van der Waals surface area contributed by atoms with E-state index in [9.17, 15) is 5.11 Å². The number of hydrogen-bond acceptors (Lipinski definition) is 2. The lowest BCUT2D eigenvalue weighted by atomic mass is 10.2. The predicted octanol–water partition coefficient (Wildman–Crippen LogP) is 3.42. The van der Waals surface area contributed by atoms with Crippen LogP contribution in [-0.2, 0) is 0 Å². The fourth-order valence-electron chi connectivity index (χ4n) is 2.67. The topological polar surface area (TPSA) is 33.1 Å². The summed E-state index contributed by atoms with van der Waals surface area (Å²) in [6.07, 6.45) is 1.68. The molecule has 0 radical (unpaired) electrons. The molecule has 0 atom stereocenters. The van der Waals surface area contributed by atoms with Gasteiger partial charge < -0.3 is 5.11 Å². The molecule has 2 aromatic carbocycles. The van der Waals surface area contributed by atoms with Crippen molar-refractivity contribution in [1.29, 1.82) is 0 Å². The first-order valence-electron chi connectivity index (χ1n) is 6.84. The van der Waals surface area contributed by atoms with E-state index in [1.54, 1.807) is 6.20 Å². The second-order valence-electron chi connectivity index (χ2n) is 5.65. The van der Waals surface area contributed by atoms with Crippen molar-refractivity contribution in [1.82, 2.24) is 4.98 Å². The third-order valence-corrected chi connectivity index (χ3v) is 7.80. The molecule has 0 fully saturated rings. The van der Waals surface area contributed by atoms with Gasteiger partial charge in [-0.15, -0.1) is 0 Å². The minimum atomic E-state index is -2.02. The van der Waals surface area contributed by atoms with Gasteiger partial charge in [-0.2, -0.15) is 0 Å². The Morgan fingerprint density at radius 1 is 1.05 bits per heavy atom. The van der Waals surface area contributed by atoms with Crippen LogP contribution in [0.15, 0.2) is 54.7 Å².